The summed E-state index contributed by atoms with van der Waals surface area (Å²) in [6.07, 6.45) is 6.63. The van der Waals surface area contributed by atoms with Crippen LogP contribution in [0.5, 0.6) is 0 Å². The molecule has 2 aromatic rings. The first-order valence-electron chi connectivity index (χ1n) is 7.63. The largest absolute Gasteiger partial charge is 0.478 e. The number of carboxylic acid groups (broad SMARTS) is 1. The summed E-state index contributed by atoms with van der Waals surface area (Å²) < 4.78 is 0. The van der Waals surface area contributed by atoms with Gasteiger partial charge in [-0.15, -0.1) is 0 Å². The topological polar surface area (TPSA) is 66.3 Å². The molecule has 5 heteroatoms. The van der Waals surface area contributed by atoms with Crippen molar-refractivity contribution < 1.29 is 9.90 Å². The molecule has 0 spiro atoms. The molecule has 1 saturated heterocycles. The minimum atomic E-state index is -0.887. The minimum absolute atomic E-state index is 0.338. The molecule has 0 bridgehead atoms. The third-order valence-electron chi connectivity index (χ3n) is 4.60. The Balaban J connectivity index is 1.60. The SMILES string of the molecule is O=C(O)c1cc2c(nc1N1CC(c3cccnc3)C1)CCC2. The molecule has 1 N–H and O–H groups in total. The van der Waals surface area contributed by atoms with E-state index in [4.69, 9.17) is 0 Å². The lowest BCUT2D eigenvalue weighted by atomic mass is 9.92. The smallest absolute Gasteiger partial charge is 0.339 e. The summed E-state index contributed by atoms with van der Waals surface area (Å²) >= 11 is 0. The Hall–Kier alpha value is -2.43. The Morgan fingerprint density at radius 2 is 2.18 bits per heavy atom. The molecule has 3 heterocycles. The van der Waals surface area contributed by atoms with Gasteiger partial charge in [0.05, 0.1) is 0 Å². The van der Waals surface area contributed by atoms with E-state index in [9.17, 15) is 9.90 Å². The van der Waals surface area contributed by atoms with Crippen molar-refractivity contribution in [2.24, 2.45) is 0 Å². The highest BCUT2D eigenvalue weighted by molar-refractivity contribution is 5.94. The van der Waals surface area contributed by atoms with Crippen LogP contribution >= 0.6 is 0 Å². The normalized spacial score (nSPS) is 17.2. The van der Waals surface area contributed by atoms with Crippen molar-refractivity contribution in [3.05, 3.63) is 53.0 Å². The predicted molar refractivity (Wildman–Crippen MR) is 82.4 cm³/mol. The number of aromatic carboxylic acids is 1. The third kappa shape index (κ3) is 2.13. The number of anilines is 1. The van der Waals surface area contributed by atoms with Crippen molar-refractivity contribution in [3.8, 4) is 0 Å². The second-order valence-electron chi connectivity index (χ2n) is 6.01. The van der Waals surface area contributed by atoms with Crippen LogP contribution in [0.25, 0.3) is 0 Å². The molecule has 0 amide bonds. The second kappa shape index (κ2) is 5.09. The van der Waals surface area contributed by atoms with Gasteiger partial charge in [0.2, 0.25) is 0 Å². The van der Waals surface area contributed by atoms with E-state index in [1.807, 2.05) is 18.3 Å². The number of carboxylic acids is 1. The van der Waals surface area contributed by atoms with Crippen molar-refractivity contribution in [3.63, 3.8) is 0 Å². The first kappa shape index (κ1) is 13.2. The van der Waals surface area contributed by atoms with Crippen LogP contribution in [-0.2, 0) is 12.8 Å². The summed E-state index contributed by atoms with van der Waals surface area (Å²) in [7, 11) is 0. The average molecular weight is 295 g/mol. The van der Waals surface area contributed by atoms with Crippen LogP contribution in [0.4, 0.5) is 5.82 Å². The summed E-state index contributed by atoms with van der Waals surface area (Å²) in [5.41, 5.74) is 3.72. The van der Waals surface area contributed by atoms with Crippen LogP contribution in [-0.4, -0.2) is 34.1 Å². The maximum Gasteiger partial charge on any atom is 0.339 e. The second-order valence-corrected chi connectivity index (χ2v) is 6.01. The van der Waals surface area contributed by atoms with Crippen molar-refractivity contribution in [2.75, 3.05) is 18.0 Å². The van der Waals surface area contributed by atoms with Gasteiger partial charge in [0.1, 0.15) is 11.4 Å². The third-order valence-corrected chi connectivity index (χ3v) is 4.60. The number of pyridine rings is 2. The van der Waals surface area contributed by atoms with E-state index in [2.05, 4.69) is 20.9 Å². The van der Waals surface area contributed by atoms with Crippen molar-refractivity contribution in [1.82, 2.24) is 9.97 Å². The van der Waals surface area contributed by atoms with Crippen LogP contribution in [0.2, 0.25) is 0 Å². The first-order chi connectivity index (χ1) is 10.7. The molecule has 0 atom stereocenters. The molecule has 5 nitrogen and oxygen atoms in total. The lowest BCUT2D eigenvalue weighted by Crippen LogP contribution is -2.46. The van der Waals surface area contributed by atoms with E-state index >= 15 is 0 Å². The quantitative estimate of drug-likeness (QED) is 0.941. The Morgan fingerprint density at radius 1 is 1.32 bits per heavy atom. The lowest BCUT2D eigenvalue weighted by molar-refractivity contribution is 0.0696. The van der Waals surface area contributed by atoms with Crippen LogP contribution in [0.1, 0.15) is 39.5 Å². The molecule has 4 rings (SSSR count). The highest BCUT2D eigenvalue weighted by Crippen LogP contribution is 2.34. The van der Waals surface area contributed by atoms with Gasteiger partial charge in [-0.1, -0.05) is 6.07 Å². The molecule has 1 fully saturated rings. The number of aromatic nitrogens is 2. The number of nitrogens with zero attached hydrogens (tertiary/aromatic N) is 3. The summed E-state index contributed by atoms with van der Waals surface area (Å²) in [5.74, 6) is 0.153. The summed E-state index contributed by atoms with van der Waals surface area (Å²) in [6, 6.07) is 5.84. The number of carbonyl (C=O) groups is 1. The van der Waals surface area contributed by atoms with Crippen molar-refractivity contribution in [1.29, 1.82) is 0 Å². The van der Waals surface area contributed by atoms with Gasteiger partial charge in [-0.2, -0.15) is 0 Å². The zero-order valence-electron chi connectivity index (χ0n) is 12.2. The van der Waals surface area contributed by atoms with Gasteiger partial charge in [0, 0.05) is 37.1 Å². The molecule has 1 aliphatic carbocycles. The van der Waals surface area contributed by atoms with Gasteiger partial charge in [-0.3, -0.25) is 4.98 Å². The van der Waals surface area contributed by atoms with E-state index < -0.39 is 5.97 Å². The molecular weight excluding hydrogens is 278 g/mol. The number of aryl methyl sites for hydroxylation is 2. The number of hydrogen-bond donors (Lipinski definition) is 1. The highest BCUT2D eigenvalue weighted by atomic mass is 16.4. The molecule has 2 aromatic heterocycles. The van der Waals surface area contributed by atoms with Crippen LogP contribution in [0, 0.1) is 0 Å². The maximum atomic E-state index is 11.5. The van der Waals surface area contributed by atoms with Crippen molar-refractivity contribution in [2.45, 2.75) is 25.2 Å². The summed E-state index contributed by atoms with van der Waals surface area (Å²) in [5, 5.41) is 9.47. The molecule has 112 valence electrons. The summed E-state index contributed by atoms with van der Waals surface area (Å²) in [6.45, 7) is 1.61. The van der Waals surface area contributed by atoms with Gasteiger partial charge in [-0.05, 0) is 42.5 Å². The van der Waals surface area contributed by atoms with E-state index in [-0.39, 0.29) is 0 Å². The Morgan fingerprint density at radius 3 is 2.91 bits per heavy atom. The van der Waals surface area contributed by atoms with Crippen LogP contribution in [0.3, 0.4) is 0 Å². The van der Waals surface area contributed by atoms with E-state index in [1.54, 1.807) is 6.20 Å². The standard InChI is InChI=1S/C17H17N3O2/c21-17(22)14-7-11-3-1-5-15(11)19-16(14)20-9-13(10-20)12-4-2-6-18-8-12/h2,4,6-8,13H,1,3,5,9-10H2,(H,21,22). The van der Waals surface area contributed by atoms with E-state index in [1.165, 1.54) is 5.56 Å². The van der Waals surface area contributed by atoms with Crippen LogP contribution in [0.15, 0.2) is 30.6 Å². The van der Waals surface area contributed by atoms with Gasteiger partial charge < -0.3 is 10.0 Å². The van der Waals surface area contributed by atoms with Crippen LogP contribution < -0.4 is 4.90 Å². The van der Waals surface area contributed by atoms with Gasteiger partial charge in [-0.25, -0.2) is 9.78 Å². The summed E-state index contributed by atoms with van der Waals surface area (Å²) in [4.78, 5) is 22.4. The fraction of sp³-hybridized carbons (Fsp3) is 0.353. The molecule has 1 aliphatic heterocycles. The monoisotopic (exact) mass is 295 g/mol. The lowest BCUT2D eigenvalue weighted by Gasteiger charge is -2.41. The first-order valence-corrected chi connectivity index (χ1v) is 7.63. The average Bonchev–Trinajstić information content (AvgIpc) is 2.93. The highest BCUT2D eigenvalue weighted by Gasteiger charge is 2.33. The number of fused-ring (bicyclic) bond motifs is 1. The molecular formula is C17H17N3O2. The molecule has 0 radical (unpaired) electrons. The number of rotatable bonds is 3. The predicted octanol–water partition coefficient (Wildman–Crippen LogP) is 2.27. The van der Waals surface area contributed by atoms with Gasteiger partial charge in [0.15, 0.2) is 0 Å². The molecule has 0 unspecified atom stereocenters. The fourth-order valence-electron chi connectivity index (χ4n) is 3.34. The zero-order chi connectivity index (χ0) is 15.1. The maximum absolute atomic E-state index is 11.5. The van der Waals surface area contributed by atoms with Gasteiger partial charge >= 0.3 is 5.97 Å². The van der Waals surface area contributed by atoms with Crippen molar-refractivity contribution >= 4 is 11.8 Å². The Bertz CT molecular complexity index is 724. The van der Waals surface area contributed by atoms with Gasteiger partial charge in [0.25, 0.3) is 0 Å². The Kier molecular flexibility index (Phi) is 3.06. The molecule has 22 heavy (non-hydrogen) atoms. The van der Waals surface area contributed by atoms with E-state index in [0.29, 0.717) is 17.3 Å². The molecule has 2 aliphatic rings. The van der Waals surface area contributed by atoms with E-state index in [0.717, 1.165) is 43.6 Å². The Labute approximate surface area is 128 Å². The fourth-order valence-corrected chi connectivity index (χ4v) is 3.34. The number of hydrogen-bond acceptors (Lipinski definition) is 4. The zero-order valence-corrected chi connectivity index (χ0v) is 12.2. The minimum Gasteiger partial charge on any atom is -0.478 e. The molecule has 0 aromatic carbocycles. The molecule has 0 saturated carbocycles.